The molecule has 0 saturated carbocycles. The highest BCUT2D eigenvalue weighted by molar-refractivity contribution is 6.09. The molecule has 1 amide bonds. The second-order valence-corrected chi connectivity index (χ2v) is 4.44. The van der Waals surface area contributed by atoms with E-state index in [1.165, 1.54) is 0 Å². The van der Waals surface area contributed by atoms with Gasteiger partial charge in [0.25, 0.3) is 5.91 Å². The van der Waals surface area contributed by atoms with E-state index >= 15 is 0 Å². The molecule has 0 fully saturated rings. The summed E-state index contributed by atoms with van der Waals surface area (Å²) in [6.07, 6.45) is 0. The average Bonchev–Trinajstić information content (AvgIpc) is 2.64. The molecule has 0 atom stereocenters. The molecular formula is C13H16N2O2. The van der Waals surface area contributed by atoms with Gasteiger partial charge in [-0.2, -0.15) is 0 Å². The number of benzene rings is 1. The first kappa shape index (κ1) is 11.5. The van der Waals surface area contributed by atoms with Gasteiger partial charge in [-0.3, -0.25) is 4.79 Å². The standard InChI is InChI=1S/C13H16N2O2/c1-8(2)7-15-13-11(12(14)16)9-5-3-4-6-10(9)17-13/h3-6,8,15H,7H2,1-2H3,(H2,14,16). The number of fused-ring (bicyclic) bond motifs is 1. The summed E-state index contributed by atoms with van der Waals surface area (Å²) < 4.78 is 5.60. The number of carbonyl (C=O) groups is 1. The number of anilines is 1. The molecule has 0 bridgehead atoms. The molecule has 0 spiro atoms. The van der Waals surface area contributed by atoms with Crippen LogP contribution in [0.4, 0.5) is 5.88 Å². The Hall–Kier alpha value is -1.97. The molecule has 2 aromatic rings. The fourth-order valence-corrected chi connectivity index (χ4v) is 1.71. The molecule has 3 N–H and O–H groups in total. The highest BCUT2D eigenvalue weighted by Gasteiger charge is 2.18. The van der Waals surface area contributed by atoms with E-state index in [0.717, 1.165) is 11.9 Å². The number of para-hydroxylation sites is 1. The maximum atomic E-state index is 11.5. The summed E-state index contributed by atoms with van der Waals surface area (Å²) >= 11 is 0. The summed E-state index contributed by atoms with van der Waals surface area (Å²) in [7, 11) is 0. The zero-order valence-corrected chi connectivity index (χ0v) is 9.99. The number of furan rings is 1. The van der Waals surface area contributed by atoms with Crippen molar-refractivity contribution >= 4 is 22.8 Å². The lowest BCUT2D eigenvalue weighted by Crippen LogP contribution is -2.15. The molecule has 0 unspecified atom stereocenters. The van der Waals surface area contributed by atoms with Crippen LogP contribution >= 0.6 is 0 Å². The van der Waals surface area contributed by atoms with E-state index in [1.54, 1.807) is 0 Å². The van der Waals surface area contributed by atoms with Crippen molar-refractivity contribution in [3.63, 3.8) is 0 Å². The predicted octanol–water partition coefficient (Wildman–Crippen LogP) is 2.60. The third-order valence-electron chi connectivity index (χ3n) is 2.51. The van der Waals surface area contributed by atoms with E-state index in [4.69, 9.17) is 10.2 Å². The molecule has 1 heterocycles. The molecule has 17 heavy (non-hydrogen) atoms. The molecule has 4 nitrogen and oxygen atoms in total. The van der Waals surface area contributed by atoms with Gasteiger partial charge in [-0.15, -0.1) is 0 Å². The summed E-state index contributed by atoms with van der Waals surface area (Å²) in [6.45, 7) is 4.90. The van der Waals surface area contributed by atoms with Crippen molar-refractivity contribution in [1.29, 1.82) is 0 Å². The first-order valence-corrected chi connectivity index (χ1v) is 5.64. The minimum Gasteiger partial charge on any atom is -0.440 e. The molecule has 0 saturated heterocycles. The molecule has 0 aliphatic heterocycles. The van der Waals surface area contributed by atoms with Crippen LogP contribution in [0.25, 0.3) is 11.0 Å². The van der Waals surface area contributed by atoms with Gasteiger partial charge in [-0.1, -0.05) is 32.0 Å². The fraction of sp³-hybridized carbons (Fsp3) is 0.308. The Labute approximate surface area is 99.8 Å². The zero-order chi connectivity index (χ0) is 12.4. The lowest BCUT2D eigenvalue weighted by atomic mass is 10.1. The maximum Gasteiger partial charge on any atom is 0.254 e. The monoisotopic (exact) mass is 232 g/mol. The van der Waals surface area contributed by atoms with Crippen LogP contribution in [-0.2, 0) is 0 Å². The summed E-state index contributed by atoms with van der Waals surface area (Å²) in [5, 5.41) is 3.87. The zero-order valence-electron chi connectivity index (χ0n) is 9.99. The average molecular weight is 232 g/mol. The van der Waals surface area contributed by atoms with Crippen LogP contribution < -0.4 is 11.1 Å². The van der Waals surface area contributed by atoms with Gasteiger partial charge in [0, 0.05) is 11.9 Å². The smallest absolute Gasteiger partial charge is 0.254 e. The maximum absolute atomic E-state index is 11.5. The lowest BCUT2D eigenvalue weighted by Gasteiger charge is -2.06. The third kappa shape index (κ3) is 2.25. The molecule has 2 rings (SSSR count). The van der Waals surface area contributed by atoms with Gasteiger partial charge in [-0.05, 0) is 12.0 Å². The molecule has 90 valence electrons. The predicted molar refractivity (Wildman–Crippen MR) is 68.1 cm³/mol. The van der Waals surface area contributed by atoms with E-state index < -0.39 is 5.91 Å². The van der Waals surface area contributed by atoms with Crippen LogP contribution in [0.2, 0.25) is 0 Å². The Bertz CT molecular complexity index is 543. The normalized spacial score (nSPS) is 11.0. The molecule has 4 heteroatoms. The largest absolute Gasteiger partial charge is 0.440 e. The van der Waals surface area contributed by atoms with Gasteiger partial charge in [-0.25, -0.2) is 0 Å². The van der Waals surface area contributed by atoms with Gasteiger partial charge in [0.2, 0.25) is 5.88 Å². The summed E-state index contributed by atoms with van der Waals surface area (Å²) in [5.74, 6) is 0.456. The number of hydrogen-bond acceptors (Lipinski definition) is 3. The topological polar surface area (TPSA) is 68.3 Å². The van der Waals surface area contributed by atoms with Crippen molar-refractivity contribution in [1.82, 2.24) is 0 Å². The van der Waals surface area contributed by atoms with Crippen molar-refractivity contribution in [2.45, 2.75) is 13.8 Å². The van der Waals surface area contributed by atoms with E-state index in [2.05, 4.69) is 19.2 Å². The molecule has 0 aliphatic rings. The van der Waals surface area contributed by atoms with Gasteiger partial charge >= 0.3 is 0 Å². The van der Waals surface area contributed by atoms with Gasteiger partial charge < -0.3 is 15.5 Å². The van der Waals surface area contributed by atoms with Crippen LogP contribution in [0.5, 0.6) is 0 Å². The Balaban J connectivity index is 2.46. The van der Waals surface area contributed by atoms with Gasteiger partial charge in [0.1, 0.15) is 11.1 Å². The van der Waals surface area contributed by atoms with E-state index in [-0.39, 0.29) is 0 Å². The highest BCUT2D eigenvalue weighted by Crippen LogP contribution is 2.29. The number of nitrogens with one attached hydrogen (secondary N) is 1. The molecule has 0 aliphatic carbocycles. The van der Waals surface area contributed by atoms with Crippen molar-refractivity contribution in [3.05, 3.63) is 29.8 Å². The SMILES string of the molecule is CC(C)CNc1oc2ccccc2c1C(N)=O. The van der Waals surface area contributed by atoms with Crippen LogP contribution in [0.3, 0.4) is 0 Å². The Morgan fingerprint density at radius 3 is 2.76 bits per heavy atom. The van der Waals surface area contributed by atoms with Crippen LogP contribution in [-0.4, -0.2) is 12.5 Å². The Kier molecular flexibility index (Phi) is 3.04. The highest BCUT2D eigenvalue weighted by atomic mass is 16.4. The Morgan fingerprint density at radius 2 is 2.12 bits per heavy atom. The summed E-state index contributed by atoms with van der Waals surface area (Å²) in [4.78, 5) is 11.5. The van der Waals surface area contributed by atoms with E-state index in [9.17, 15) is 4.79 Å². The van der Waals surface area contributed by atoms with Gasteiger partial charge in [0.15, 0.2) is 0 Å². The lowest BCUT2D eigenvalue weighted by molar-refractivity contribution is 0.100. The van der Waals surface area contributed by atoms with Crippen molar-refractivity contribution < 1.29 is 9.21 Å². The van der Waals surface area contributed by atoms with Crippen molar-refractivity contribution in [2.24, 2.45) is 11.7 Å². The second-order valence-electron chi connectivity index (χ2n) is 4.44. The number of carbonyl (C=O) groups excluding carboxylic acids is 1. The number of amides is 1. The molecular weight excluding hydrogens is 216 g/mol. The Morgan fingerprint density at radius 1 is 1.41 bits per heavy atom. The second kappa shape index (κ2) is 4.49. The summed E-state index contributed by atoms with van der Waals surface area (Å²) in [5.41, 5.74) is 6.50. The van der Waals surface area contributed by atoms with E-state index in [0.29, 0.717) is 22.9 Å². The molecule has 1 aromatic heterocycles. The van der Waals surface area contributed by atoms with Crippen molar-refractivity contribution in [2.75, 3.05) is 11.9 Å². The minimum absolute atomic E-state index is 0.432. The number of nitrogens with two attached hydrogens (primary N) is 1. The first-order valence-electron chi connectivity index (χ1n) is 5.64. The van der Waals surface area contributed by atoms with Crippen LogP contribution in [0.1, 0.15) is 24.2 Å². The molecule has 0 radical (unpaired) electrons. The number of rotatable bonds is 4. The van der Waals surface area contributed by atoms with Crippen LogP contribution in [0.15, 0.2) is 28.7 Å². The van der Waals surface area contributed by atoms with Crippen LogP contribution in [0, 0.1) is 5.92 Å². The molecule has 1 aromatic carbocycles. The summed E-state index contributed by atoms with van der Waals surface area (Å²) in [6, 6.07) is 7.38. The van der Waals surface area contributed by atoms with Crippen molar-refractivity contribution in [3.8, 4) is 0 Å². The van der Waals surface area contributed by atoms with E-state index in [1.807, 2.05) is 24.3 Å². The van der Waals surface area contributed by atoms with Gasteiger partial charge in [0.05, 0.1) is 0 Å². The third-order valence-corrected chi connectivity index (χ3v) is 2.51. The number of hydrogen-bond donors (Lipinski definition) is 2. The number of primary amides is 1. The quantitative estimate of drug-likeness (QED) is 0.851. The minimum atomic E-state index is -0.471. The fourth-order valence-electron chi connectivity index (χ4n) is 1.71. The first-order chi connectivity index (χ1) is 8.09.